The molecule has 1 aromatic rings. The Morgan fingerprint density at radius 2 is 1.74 bits per heavy atom. The van der Waals surface area contributed by atoms with Gasteiger partial charge in [-0.3, -0.25) is 14.5 Å². The van der Waals surface area contributed by atoms with Crippen LogP contribution in [0.5, 0.6) is 0 Å². The van der Waals surface area contributed by atoms with E-state index in [4.69, 9.17) is 0 Å². The van der Waals surface area contributed by atoms with Crippen LogP contribution in [0.2, 0.25) is 0 Å². The lowest BCUT2D eigenvalue weighted by Gasteiger charge is -2.39. The molecule has 2 fully saturated rings. The van der Waals surface area contributed by atoms with E-state index in [1.165, 1.54) is 11.1 Å². The van der Waals surface area contributed by atoms with E-state index >= 15 is 0 Å². The fourth-order valence-electron chi connectivity index (χ4n) is 5.75. The molecule has 2 atom stereocenters. The Balaban J connectivity index is 1.40. The smallest absolute Gasteiger partial charge is 0.236 e. The molecule has 8 nitrogen and oxygen atoms in total. The number of carbonyl (C=O) groups is 2. The number of nitrogens with one attached hydrogen (secondary N) is 1. The predicted octanol–water partition coefficient (Wildman–Crippen LogP) is 0.997. The van der Waals surface area contributed by atoms with Crippen LogP contribution in [0.3, 0.4) is 0 Å². The Kier molecular flexibility index (Phi) is 8.81. The van der Waals surface area contributed by atoms with Crippen LogP contribution in [0.1, 0.15) is 49.7 Å². The van der Waals surface area contributed by atoms with Gasteiger partial charge in [0, 0.05) is 32.7 Å². The molecule has 3 N–H and O–H groups in total. The van der Waals surface area contributed by atoms with Crippen molar-refractivity contribution in [3.8, 4) is 0 Å². The number of β-amino-alcohol motifs (C(OH)–C–C–N with tert-alkyl or cyclic N) is 1. The minimum atomic E-state index is -1.04. The predicted molar refractivity (Wildman–Crippen MR) is 135 cm³/mol. The van der Waals surface area contributed by atoms with E-state index in [2.05, 4.69) is 40.4 Å². The average Bonchev–Trinajstić information content (AvgIpc) is 2.87. The summed E-state index contributed by atoms with van der Waals surface area (Å²) >= 11 is 0. The second kappa shape index (κ2) is 11.8. The van der Waals surface area contributed by atoms with Crippen LogP contribution >= 0.6 is 0 Å². The van der Waals surface area contributed by atoms with Gasteiger partial charge in [0.25, 0.3) is 0 Å². The molecule has 0 aromatic heterocycles. The lowest BCUT2D eigenvalue weighted by Crippen LogP contribution is -2.50. The monoisotopic (exact) mass is 486 g/mol. The van der Waals surface area contributed by atoms with E-state index < -0.39 is 17.6 Å². The molecule has 0 aliphatic carbocycles. The second-order valence-electron chi connectivity index (χ2n) is 10.8. The number of carbonyl (C=O) groups excluding carboxylic acids is 2. The van der Waals surface area contributed by atoms with Gasteiger partial charge in [0.2, 0.25) is 11.8 Å². The highest BCUT2D eigenvalue weighted by molar-refractivity contribution is 5.82. The molecule has 3 heterocycles. The van der Waals surface area contributed by atoms with Crippen molar-refractivity contribution in [1.82, 2.24) is 20.0 Å². The first-order valence-electron chi connectivity index (χ1n) is 13.3. The molecule has 8 heteroatoms. The number of hydrogen-bond donors (Lipinski definition) is 3. The van der Waals surface area contributed by atoms with Gasteiger partial charge >= 0.3 is 0 Å². The first-order valence-corrected chi connectivity index (χ1v) is 13.3. The van der Waals surface area contributed by atoms with Crippen LogP contribution in [0, 0.1) is 5.41 Å². The standard InChI is InChI=1S/C27H42N4O4/c1-29-16-11-27(12-17-29)10-4-5-13-31(15-9-23(32)24(33)18-28-26(27)35)25(34)20-30-14-8-21-6-2-3-7-22(21)19-30/h2-3,6-7,23-24,32-33H,4-5,8-20H2,1H3,(H,28,35)/t23-,24+/m0/s1. The van der Waals surface area contributed by atoms with E-state index in [1.807, 2.05) is 11.0 Å². The minimum absolute atomic E-state index is 0.00518. The number of aliphatic hydroxyl groups is 2. The maximum absolute atomic E-state index is 13.3. The first kappa shape index (κ1) is 26.1. The Labute approximate surface area is 209 Å². The zero-order valence-electron chi connectivity index (χ0n) is 21.1. The van der Waals surface area contributed by atoms with Crippen LogP contribution in [-0.2, 0) is 22.6 Å². The van der Waals surface area contributed by atoms with Gasteiger partial charge in [0.05, 0.1) is 24.2 Å². The van der Waals surface area contributed by atoms with E-state index in [0.717, 1.165) is 64.7 Å². The topological polar surface area (TPSA) is 96.3 Å². The highest BCUT2D eigenvalue weighted by Crippen LogP contribution is 2.37. The third-order valence-electron chi connectivity index (χ3n) is 8.29. The molecule has 2 amide bonds. The summed E-state index contributed by atoms with van der Waals surface area (Å²) in [5, 5.41) is 23.9. The largest absolute Gasteiger partial charge is 0.390 e. The van der Waals surface area contributed by atoms with Gasteiger partial charge in [-0.05, 0) is 69.8 Å². The maximum Gasteiger partial charge on any atom is 0.236 e. The van der Waals surface area contributed by atoms with Crippen LogP contribution in [0.4, 0.5) is 0 Å². The molecule has 1 spiro atoms. The normalized spacial score (nSPS) is 27.3. The molecule has 0 bridgehead atoms. The molecule has 0 radical (unpaired) electrons. The van der Waals surface area contributed by atoms with Crippen molar-refractivity contribution in [2.75, 3.05) is 52.9 Å². The molecule has 0 unspecified atom stereocenters. The summed E-state index contributed by atoms with van der Waals surface area (Å²) in [4.78, 5) is 32.7. The number of benzene rings is 1. The number of likely N-dealkylation sites (tertiary alicyclic amines) is 1. The summed E-state index contributed by atoms with van der Waals surface area (Å²) in [6, 6.07) is 8.41. The van der Waals surface area contributed by atoms with E-state index in [1.54, 1.807) is 0 Å². The summed E-state index contributed by atoms with van der Waals surface area (Å²) < 4.78 is 0. The number of nitrogens with zero attached hydrogens (tertiary/aromatic N) is 3. The lowest BCUT2D eigenvalue weighted by molar-refractivity contribution is -0.135. The number of fused-ring (bicyclic) bond motifs is 1. The third-order valence-corrected chi connectivity index (χ3v) is 8.29. The molecule has 194 valence electrons. The molecule has 35 heavy (non-hydrogen) atoms. The summed E-state index contributed by atoms with van der Waals surface area (Å²) in [6.07, 6.45) is 3.31. The van der Waals surface area contributed by atoms with Crippen molar-refractivity contribution in [3.05, 3.63) is 35.4 Å². The van der Waals surface area contributed by atoms with Crippen LogP contribution in [0.25, 0.3) is 0 Å². The molecule has 1 aromatic carbocycles. The van der Waals surface area contributed by atoms with Gasteiger partial charge in [0.1, 0.15) is 0 Å². The zero-order valence-corrected chi connectivity index (χ0v) is 21.1. The van der Waals surface area contributed by atoms with Crippen LogP contribution < -0.4 is 5.32 Å². The maximum atomic E-state index is 13.3. The summed E-state index contributed by atoms with van der Waals surface area (Å²) in [6.45, 7) is 4.83. The van der Waals surface area contributed by atoms with Gasteiger partial charge < -0.3 is 25.3 Å². The fourth-order valence-corrected chi connectivity index (χ4v) is 5.75. The van der Waals surface area contributed by atoms with Gasteiger partial charge in [-0.15, -0.1) is 0 Å². The molecule has 3 aliphatic rings. The SMILES string of the molecule is CN1CCC2(CCCCN(C(=O)CN3CCc4ccccc4C3)CC[C@H](O)[C@H](O)CNC2=O)CC1. The molecule has 2 saturated heterocycles. The number of aliphatic hydroxyl groups excluding tert-OH is 2. The second-order valence-corrected chi connectivity index (χ2v) is 10.8. The van der Waals surface area contributed by atoms with Crippen molar-refractivity contribution < 1.29 is 19.8 Å². The summed E-state index contributed by atoms with van der Waals surface area (Å²) in [7, 11) is 2.08. The average molecular weight is 487 g/mol. The lowest BCUT2D eigenvalue weighted by atomic mass is 9.73. The quantitative estimate of drug-likeness (QED) is 0.577. The first-order chi connectivity index (χ1) is 16.9. The van der Waals surface area contributed by atoms with Crippen molar-refractivity contribution in [2.24, 2.45) is 5.41 Å². The van der Waals surface area contributed by atoms with Crippen molar-refractivity contribution in [3.63, 3.8) is 0 Å². The minimum Gasteiger partial charge on any atom is -0.390 e. The Hall–Kier alpha value is -2.00. The zero-order chi connectivity index (χ0) is 24.8. The number of hydrogen-bond acceptors (Lipinski definition) is 6. The van der Waals surface area contributed by atoms with Crippen molar-refractivity contribution >= 4 is 11.8 Å². The molecule has 3 aliphatic heterocycles. The number of piperidine rings is 1. The molecule has 4 rings (SSSR count). The third kappa shape index (κ3) is 6.61. The Morgan fingerprint density at radius 1 is 1.00 bits per heavy atom. The Morgan fingerprint density at radius 3 is 2.51 bits per heavy atom. The molecular weight excluding hydrogens is 444 g/mol. The highest BCUT2D eigenvalue weighted by atomic mass is 16.3. The van der Waals surface area contributed by atoms with E-state index in [0.29, 0.717) is 26.1 Å². The Bertz CT molecular complexity index is 870. The molecular formula is C27H42N4O4. The van der Waals surface area contributed by atoms with Crippen molar-refractivity contribution in [1.29, 1.82) is 0 Å². The van der Waals surface area contributed by atoms with Crippen LogP contribution in [-0.4, -0.2) is 102 Å². The van der Waals surface area contributed by atoms with E-state index in [9.17, 15) is 19.8 Å². The van der Waals surface area contributed by atoms with Gasteiger partial charge in [-0.25, -0.2) is 0 Å². The molecule has 0 saturated carbocycles. The van der Waals surface area contributed by atoms with Gasteiger partial charge in [0.15, 0.2) is 0 Å². The number of amides is 2. The van der Waals surface area contributed by atoms with Gasteiger partial charge in [-0.1, -0.05) is 30.7 Å². The van der Waals surface area contributed by atoms with Gasteiger partial charge in [-0.2, -0.15) is 0 Å². The fraction of sp³-hybridized carbons (Fsp3) is 0.704. The summed E-state index contributed by atoms with van der Waals surface area (Å²) in [5.41, 5.74) is 2.22. The summed E-state index contributed by atoms with van der Waals surface area (Å²) in [5.74, 6) is 0.0681. The number of rotatable bonds is 2. The van der Waals surface area contributed by atoms with Crippen molar-refractivity contribution in [2.45, 2.75) is 63.7 Å². The highest BCUT2D eigenvalue weighted by Gasteiger charge is 2.40. The van der Waals surface area contributed by atoms with E-state index in [-0.39, 0.29) is 18.4 Å². The van der Waals surface area contributed by atoms with Crippen LogP contribution in [0.15, 0.2) is 24.3 Å².